The standard InChI is InChI=1S/C16H27N3O2/c1-4-13(5-2)19(9-10-20)15-11-12(17)7-8-14(15)16(21)18-6-3/h7-8,11,13,20H,4-6,9-10,17H2,1-3H3,(H,18,21). The quantitative estimate of drug-likeness (QED) is 0.641. The van der Waals surface area contributed by atoms with E-state index in [1.807, 2.05) is 13.0 Å². The number of aliphatic hydroxyl groups excluding tert-OH is 1. The van der Waals surface area contributed by atoms with Gasteiger partial charge in [0.1, 0.15) is 0 Å². The van der Waals surface area contributed by atoms with Gasteiger partial charge in [-0.15, -0.1) is 0 Å². The molecule has 0 saturated carbocycles. The fourth-order valence-corrected chi connectivity index (χ4v) is 2.57. The second kappa shape index (κ2) is 8.52. The summed E-state index contributed by atoms with van der Waals surface area (Å²) in [5.41, 5.74) is 7.91. The van der Waals surface area contributed by atoms with Gasteiger partial charge in [-0.3, -0.25) is 4.79 Å². The summed E-state index contributed by atoms with van der Waals surface area (Å²) in [5.74, 6) is -0.110. The van der Waals surface area contributed by atoms with E-state index < -0.39 is 0 Å². The Labute approximate surface area is 127 Å². The van der Waals surface area contributed by atoms with Crippen molar-refractivity contribution in [3.05, 3.63) is 23.8 Å². The van der Waals surface area contributed by atoms with E-state index in [0.717, 1.165) is 18.5 Å². The van der Waals surface area contributed by atoms with Gasteiger partial charge in [-0.05, 0) is 38.0 Å². The molecule has 5 heteroatoms. The van der Waals surface area contributed by atoms with Crippen LogP contribution in [0.3, 0.4) is 0 Å². The van der Waals surface area contributed by atoms with Crippen LogP contribution >= 0.6 is 0 Å². The summed E-state index contributed by atoms with van der Waals surface area (Å²) in [7, 11) is 0. The number of aliphatic hydroxyl groups is 1. The largest absolute Gasteiger partial charge is 0.399 e. The number of hydrogen-bond donors (Lipinski definition) is 3. The van der Waals surface area contributed by atoms with E-state index in [1.54, 1.807) is 12.1 Å². The van der Waals surface area contributed by atoms with E-state index in [9.17, 15) is 9.90 Å². The molecule has 5 nitrogen and oxygen atoms in total. The van der Waals surface area contributed by atoms with E-state index in [-0.39, 0.29) is 18.6 Å². The minimum atomic E-state index is -0.110. The Morgan fingerprint density at radius 3 is 2.52 bits per heavy atom. The van der Waals surface area contributed by atoms with Gasteiger partial charge in [0.25, 0.3) is 5.91 Å². The third-order valence-electron chi connectivity index (χ3n) is 3.64. The molecule has 4 N–H and O–H groups in total. The molecular weight excluding hydrogens is 266 g/mol. The van der Waals surface area contributed by atoms with Gasteiger partial charge in [0.05, 0.1) is 17.9 Å². The molecule has 0 aliphatic carbocycles. The minimum Gasteiger partial charge on any atom is -0.399 e. The van der Waals surface area contributed by atoms with Gasteiger partial charge in [-0.2, -0.15) is 0 Å². The van der Waals surface area contributed by atoms with E-state index in [1.165, 1.54) is 0 Å². The molecule has 0 aliphatic heterocycles. The number of hydrogen-bond acceptors (Lipinski definition) is 4. The Morgan fingerprint density at radius 2 is 2.00 bits per heavy atom. The first-order valence-corrected chi connectivity index (χ1v) is 7.64. The third kappa shape index (κ3) is 4.36. The maximum absolute atomic E-state index is 12.2. The predicted molar refractivity (Wildman–Crippen MR) is 87.7 cm³/mol. The lowest BCUT2D eigenvalue weighted by atomic mass is 10.0. The maximum atomic E-state index is 12.2. The van der Waals surface area contributed by atoms with Gasteiger partial charge >= 0.3 is 0 Å². The number of nitrogens with zero attached hydrogens (tertiary/aromatic N) is 1. The molecule has 0 spiro atoms. The highest BCUT2D eigenvalue weighted by Crippen LogP contribution is 2.27. The number of rotatable bonds is 8. The molecule has 0 radical (unpaired) electrons. The van der Waals surface area contributed by atoms with Crippen LogP contribution in [0.15, 0.2) is 18.2 Å². The number of amides is 1. The number of carbonyl (C=O) groups excluding carboxylic acids is 1. The molecule has 1 amide bonds. The average molecular weight is 293 g/mol. The van der Waals surface area contributed by atoms with Gasteiger partial charge in [-0.1, -0.05) is 13.8 Å². The molecule has 1 aromatic carbocycles. The summed E-state index contributed by atoms with van der Waals surface area (Å²) in [6, 6.07) is 5.58. The van der Waals surface area contributed by atoms with Crippen molar-refractivity contribution in [3.63, 3.8) is 0 Å². The summed E-state index contributed by atoms with van der Waals surface area (Å²) >= 11 is 0. The van der Waals surface area contributed by atoms with Crippen molar-refractivity contribution in [2.24, 2.45) is 0 Å². The molecular formula is C16H27N3O2. The second-order valence-electron chi connectivity index (χ2n) is 5.02. The fourth-order valence-electron chi connectivity index (χ4n) is 2.57. The highest BCUT2D eigenvalue weighted by Gasteiger charge is 2.21. The molecule has 0 heterocycles. The van der Waals surface area contributed by atoms with Crippen LogP contribution in [0.4, 0.5) is 11.4 Å². The zero-order chi connectivity index (χ0) is 15.8. The Kier molecular flexibility index (Phi) is 7.02. The van der Waals surface area contributed by atoms with Crippen molar-refractivity contribution in [1.29, 1.82) is 0 Å². The first-order valence-electron chi connectivity index (χ1n) is 7.64. The van der Waals surface area contributed by atoms with Gasteiger partial charge in [0, 0.05) is 24.8 Å². The molecule has 0 fully saturated rings. The van der Waals surface area contributed by atoms with Crippen LogP contribution in [0, 0.1) is 0 Å². The Hall–Kier alpha value is -1.75. The minimum absolute atomic E-state index is 0.0418. The van der Waals surface area contributed by atoms with E-state index in [4.69, 9.17) is 5.73 Å². The molecule has 1 aromatic rings. The van der Waals surface area contributed by atoms with Crippen LogP contribution in [0.2, 0.25) is 0 Å². The number of anilines is 2. The number of nitrogens with one attached hydrogen (secondary N) is 1. The van der Waals surface area contributed by atoms with Crippen molar-refractivity contribution in [3.8, 4) is 0 Å². The van der Waals surface area contributed by atoms with Gasteiger partial charge in [0.2, 0.25) is 0 Å². The molecule has 0 bridgehead atoms. The molecule has 21 heavy (non-hydrogen) atoms. The topological polar surface area (TPSA) is 78.6 Å². The van der Waals surface area contributed by atoms with Crippen molar-refractivity contribution < 1.29 is 9.90 Å². The number of benzene rings is 1. The third-order valence-corrected chi connectivity index (χ3v) is 3.64. The average Bonchev–Trinajstić information content (AvgIpc) is 2.47. The van der Waals surface area contributed by atoms with Crippen LogP contribution in [0.1, 0.15) is 44.0 Å². The van der Waals surface area contributed by atoms with Crippen molar-refractivity contribution in [2.45, 2.75) is 39.7 Å². The number of carbonyl (C=O) groups is 1. The molecule has 118 valence electrons. The first kappa shape index (κ1) is 17.3. The number of nitrogen functional groups attached to an aromatic ring is 1. The number of nitrogens with two attached hydrogens (primary N) is 1. The van der Waals surface area contributed by atoms with Crippen LogP contribution in [-0.4, -0.2) is 36.8 Å². The Morgan fingerprint density at radius 1 is 1.33 bits per heavy atom. The summed E-state index contributed by atoms with van der Waals surface area (Å²) in [5, 5.41) is 12.2. The lowest BCUT2D eigenvalue weighted by Gasteiger charge is -2.33. The maximum Gasteiger partial charge on any atom is 0.253 e. The summed E-state index contributed by atoms with van der Waals surface area (Å²) in [4.78, 5) is 14.3. The monoisotopic (exact) mass is 293 g/mol. The zero-order valence-electron chi connectivity index (χ0n) is 13.2. The summed E-state index contributed by atoms with van der Waals surface area (Å²) in [6.07, 6.45) is 1.89. The molecule has 0 aromatic heterocycles. The highest BCUT2D eigenvalue weighted by atomic mass is 16.3. The zero-order valence-corrected chi connectivity index (χ0v) is 13.2. The van der Waals surface area contributed by atoms with Crippen molar-refractivity contribution in [1.82, 2.24) is 5.32 Å². The van der Waals surface area contributed by atoms with Crippen LogP contribution in [-0.2, 0) is 0 Å². The fraction of sp³-hybridized carbons (Fsp3) is 0.562. The first-order chi connectivity index (χ1) is 10.1. The van der Waals surface area contributed by atoms with E-state index in [0.29, 0.717) is 24.3 Å². The molecule has 0 aliphatic rings. The highest BCUT2D eigenvalue weighted by molar-refractivity contribution is 6.00. The summed E-state index contributed by atoms with van der Waals surface area (Å²) in [6.45, 7) is 7.21. The molecule has 0 atom stereocenters. The van der Waals surface area contributed by atoms with Crippen LogP contribution in [0.5, 0.6) is 0 Å². The lowest BCUT2D eigenvalue weighted by molar-refractivity contribution is 0.0956. The molecule has 0 unspecified atom stereocenters. The smallest absolute Gasteiger partial charge is 0.253 e. The second-order valence-corrected chi connectivity index (χ2v) is 5.02. The van der Waals surface area contributed by atoms with Crippen LogP contribution < -0.4 is 16.0 Å². The molecule has 1 rings (SSSR count). The Balaban J connectivity index is 3.27. The lowest BCUT2D eigenvalue weighted by Crippen LogP contribution is -2.38. The van der Waals surface area contributed by atoms with E-state index in [2.05, 4.69) is 24.1 Å². The SMILES string of the molecule is CCNC(=O)c1ccc(N)cc1N(CCO)C(CC)CC. The van der Waals surface area contributed by atoms with Gasteiger partial charge in [-0.25, -0.2) is 0 Å². The Bertz CT molecular complexity index is 459. The van der Waals surface area contributed by atoms with Crippen molar-refractivity contribution >= 4 is 17.3 Å². The van der Waals surface area contributed by atoms with Crippen LogP contribution in [0.25, 0.3) is 0 Å². The molecule has 0 saturated heterocycles. The van der Waals surface area contributed by atoms with E-state index >= 15 is 0 Å². The summed E-state index contributed by atoms with van der Waals surface area (Å²) < 4.78 is 0. The van der Waals surface area contributed by atoms with Gasteiger partial charge in [0.15, 0.2) is 0 Å². The van der Waals surface area contributed by atoms with Gasteiger partial charge < -0.3 is 21.1 Å². The normalized spacial score (nSPS) is 10.7. The van der Waals surface area contributed by atoms with Crippen molar-refractivity contribution in [2.75, 3.05) is 30.3 Å². The predicted octanol–water partition coefficient (Wildman–Crippen LogP) is 2.01.